The van der Waals surface area contributed by atoms with Crippen molar-refractivity contribution in [2.75, 3.05) is 6.61 Å². The third-order valence-corrected chi connectivity index (χ3v) is 3.39. The summed E-state index contributed by atoms with van der Waals surface area (Å²) in [6.07, 6.45) is -1.48. The summed E-state index contributed by atoms with van der Waals surface area (Å²) in [5.74, 6) is 0. The summed E-state index contributed by atoms with van der Waals surface area (Å²) in [7, 11) is 0. The summed E-state index contributed by atoms with van der Waals surface area (Å²) < 4.78 is 6.85. The Morgan fingerprint density at radius 2 is 2.05 bits per heavy atom. The van der Waals surface area contributed by atoms with Crippen LogP contribution in [0.4, 0.5) is 0 Å². The maximum Gasteiger partial charge on any atom is 0.182 e. The number of fused-ring (bicyclic) bond motifs is 1. The van der Waals surface area contributed by atoms with Gasteiger partial charge in [-0.25, -0.2) is 15.0 Å². The Labute approximate surface area is 112 Å². The summed E-state index contributed by atoms with van der Waals surface area (Å²) in [5.41, 5.74) is 0.761. The molecule has 2 aromatic heterocycles. The van der Waals surface area contributed by atoms with Crippen molar-refractivity contribution < 1.29 is 20.1 Å². The predicted octanol–water partition coefficient (Wildman–Crippen LogP) is -0.909. The molecule has 19 heavy (non-hydrogen) atoms. The molecule has 3 heterocycles. The molecular formula is C10H11ClN4O4. The molecule has 8 nitrogen and oxygen atoms in total. The second kappa shape index (κ2) is 4.66. The highest BCUT2D eigenvalue weighted by Gasteiger charge is 2.43. The van der Waals surface area contributed by atoms with Crippen molar-refractivity contribution in [1.29, 1.82) is 0 Å². The van der Waals surface area contributed by atoms with Crippen molar-refractivity contribution in [3.63, 3.8) is 0 Å². The molecule has 0 amide bonds. The van der Waals surface area contributed by atoms with Crippen LogP contribution in [-0.4, -0.2) is 59.8 Å². The number of ether oxygens (including phenoxy) is 1. The largest absolute Gasteiger partial charge is 0.394 e. The first kappa shape index (κ1) is 12.7. The molecule has 9 heteroatoms. The lowest BCUT2D eigenvalue weighted by Crippen LogP contribution is -2.33. The average molecular weight is 287 g/mol. The summed E-state index contributed by atoms with van der Waals surface area (Å²) in [5, 5.41) is 28.9. The first-order valence-electron chi connectivity index (χ1n) is 5.59. The van der Waals surface area contributed by atoms with Crippen LogP contribution in [0.2, 0.25) is 5.15 Å². The lowest BCUT2D eigenvalue weighted by atomic mass is 10.1. The first-order valence-corrected chi connectivity index (χ1v) is 5.96. The highest BCUT2D eigenvalue weighted by molar-refractivity contribution is 6.33. The van der Waals surface area contributed by atoms with E-state index in [1.807, 2.05) is 0 Å². The Hall–Kier alpha value is -1.32. The fourth-order valence-electron chi connectivity index (χ4n) is 2.14. The number of aliphatic hydroxyl groups is 3. The summed E-state index contributed by atoms with van der Waals surface area (Å²) in [6, 6.07) is 0. The molecule has 3 rings (SSSR count). The van der Waals surface area contributed by atoms with Crippen molar-refractivity contribution in [1.82, 2.24) is 19.5 Å². The van der Waals surface area contributed by atoms with Crippen LogP contribution in [0.25, 0.3) is 11.2 Å². The third-order valence-electron chi connectivity index (χ3n) is 3.11. The SMILES string of the molecule is OC[C@H]1O[C@@H](n2cnc3ncnc(Cl)c32)[C@H](O)[C@@H]1O. The number of hydrogen-bond donors (Lipinski definition) is 3. The van der Waals surface area contributed by atoms with E-state index in [1.54, 1.807) is 0 Å². The van der Waals surface area contributed by atoms with Crippen LogP contribution in [0.3, 0.4) is 0 Å². The molecule has 3 N–H and O–H groups in total. The third kappa shape index (κ3) is 1.88. The van der Waals surface area contributed by atoms with Gasteiger partial charge in [-0.05, 0) is 0 Å². The Balaban J connectivity index is 2.06. The van der Waals surface area contributed by atoms with Crippen molar-refractivity contribution in [2.24, 2.45) is 0 Å². The van der Waals surface area contributed by atoms with Crippen LogP contribution in [0, 0.1) is 0 Å². The minimum atomic E-state index is -1.20. The van der Waals surface area contributed by atoms with E-state index in [1.165, 1.54) is 17.2 Å². The number of rotatable bonds is 2. The Morgan fingerprint density at radius 3 is 2.74 bits per heavy atom. The minimum absolute atomic E-state index is 0.167. The highest BCUT2D eigenvalue weighted by atomic mass is 35.5. The summed E-state index contributed by atoms with van der Waals surface area (Å²) in [4.78, 5) is 11.8. The molecule has 0 saturated carbocycles. The van der Waals surface area contributed by atoms with Gasteiger partial charge in [0.1, 0.15) is 30.2 Å². The zero-order valence-electron chi connectivity index (χ0n) is 9.59. The maximum atomic E-state index is 9.96. The van der Waals surface area contributed by atoms with Gasteiger partial charge in [-0.2, -0.15) is 0 Å². The quantitative estimate of drug-likeness (QED) is 0.613. The summed E-state index contributed by atoms with van der Waals surface area (Å²) >= 11 is 5.98. The predicted molar refractivity (Wildman–Crippen MR) is 63.3 cm³/mol. The Bertz CT molecular complexity index is 606. The molecule has 1 aliphatic rings. The molecule has 0 aromatic carbocycles. The van der Waals surface area contributed by atoms with Gasteiger partial charge in [0.2, 0.25) is 0 Å². The maximum absolute atomic E-state index is 9.96. The van der Waals surface area contributed by atoms with E-state index in [9.17, 15) is 10.2 Å². The molecule has 0 radical (unpaired) electrons. The molecule has 0 bridgehead atoms. The van der Waals surface area contributed by atoms with Crippen LogP contribution in [0.15, 0.2) is 12.7 Å². The molecule has 102 valence electrons. The lowest BCUT2D eigenvalue weighted by molar-refractivity contribution is -0.0509. The van der Waals surface area contributed by atoms with Gasteiger partial charge in [-0.1, -0.05) is 11.6 Å². The van der Waals surface area contributed by atoms with Gasteiger partial charge in [-0.3, -0.25) is 4.57 Å². The van der Waals surface area contributed by atoms with E-state index >= 15 is 0 Å². The molecular weight excluding hydrogens is 276 g/mol. The normalized spacial score (nSPS) is 31.2. The molecule has 2 aromatic rings. The number of nitrogens with zero attached hydrogens (tertiary/aromatic N) is 4. The molecule has 1 fully saturated rings. The van der Waals surface area contributed by atoms with Gasteiger partial charge < -0.3 is 20.1 Å². The van der Waals surface area contributed by atoms with Gasteiger partial charge in [0.25, 0.3) is 0 Å². The van der Waals surface area contributed by atoms with Crippen LogP contribution in [0.5, 0.6) is 0 Å². The van der Waals surface area contributed by atoms with Gasteiger partial charge in [0.05, 0.1) is 12.9 Å². The number of imidazole rings is 1. The Morgan fingerprint density at radius 1 is 1.26 bits per heavy atom. The van der Waals surface area contributed by atoms with E-state index in [-0.39, 0.29) is 5.15 Å². The molecule has 0 aliphatic carbocycles. The molecule has 1 aliphatic heterocycles. The molecule has 0 spiro atoms. The first-order chi connectivity index (χ1) is 9.13. The van der Waals surface area contributed by atoms with Crippen molar-refractivity contribution in [3.05, 3.63) is 17.8 Å². The van der Waals surface area contributed by atoms with Gasteiger partial charge in [0, 0.05) is 0 Å². The number of aliphatic hydroxyl groups excluding tert-OH is 3. The van der Waals surface area contributed by atoms with Crippen molar-refractivity contribution in [3.8, 4) is 0 Å². The second-order valence-corrected chi connectivity index (χ2v) is 4.58. The van der Waals surface area contributed by atoms with Gasteiger partial charge in [-0.15, -0.1) is 0 Å². The molecule has 0 unspecified atom stereocenters. The number of halogens is 1. The van der Waals surface area contributed by atoms with E-state index in [0.29, 0.717) is 11.2 Å². The van der Waals surface area contributed by atoms with Crippen LogP contribution >= 0.6 is 11.6 Å². The smallest absolute Gasteiger partial charge is 0.182 e. The topological polar surface area (TPSA) is 114 Å². The fourth-order valence-corrected chi connectivity index (χ4v) is 2.37. The zero-order valence-corrected chi connectivity index (χ0v) is 10.3. The lowest BCUT2D eigenvalue weighted by Gasteiger charge is -2.16. The van der Waals surface area contributed by atoms with Crippen LogP contribution in [-0.2, 0) is 4.74 Å². The van der Waals surface area contributed by atoms with Crippen LogP contribution in [0.1, 0.15) is 6.23 Å². The minimum Gasteiger partial charge on any atom is -0.394 e. The van der Waals surface area contributed by atoms with E-state index < -0.39 is 31.1 Å². The van der Waals surface area contributed by atoms with Gasteiger partial charge in [0.15, 0.2) is 17.0 Å². The molecule has 4 atom stereocenters. The number of aromatic nitrogens is 4. The van der Waals surface area contributed by atoms with E-state index in [4.69, 9.17) is 21.4 Å². The summed E-state index contributed by atoms with van der Waals surface area (Å²) in [6.45, 7) is -0.397. The number of hydrogen-bond acceptors (Lipinski definition) is 7. The van der Waals surface area contributed by atoms with Gasteiger partial charge >= 0.3 is 0 Å². The molecule has 1 saturated heterocycles. The Kier molecular flexibility index (Phi) is 3.11. The standard InChI is InChI=1S/C10H11ClN4O4/c11-8-5-9(13-2-12-8)14-3-15(5)10-7(18)6(17)4(1-16)19-10/h2-4,6-7,10,16-18H,1H2/t4-,6-,7-,10-/m1/s1. The van der Waals surface area contributed by atoms with Crippen molar-refractivity contribution in [2.45, 2.75) is 24.5 Å². The second-order valence-electron chi connectivity index (χ2n) is 4.22. The van der Waals surface area contributed by atoms with E-state index in [2.05, 4.69) is 15.0 Å². The van der Waals surface area contributed by atoms with E-state index in [0.717, 1.165) is 0 Å². The zero-order chi connectivity index (χ0) is 13.6. The van der Waals surface area contributed by atoms with Crippen molar-refractivity contribution >= 4 is 22.8 Å². The fraction of sp³-hybridized carbons (Fsp3) is 0.500. The monoisotopic (exact) mass is 286 g/mol. The van der Waals surface area contributed by atoms with Crippen LogP contribution < -0.4 is 0 Å². The highest BCUT2D eigenvalue weighted by Crippen LogP contribution is 2.32. The average Bonchev–Trinajstić information content (AvgIpc) is 2.94.